The first-order chi connectivity index (χ1) is 29.5. The molecule has 1 aliphatic rings. The van der Waals surface area contributed by atoms with Crippen molar-refractivity contribution >= 4 is 56.9 Å². The summed E-state index contributed by atoms with van der Waals surface area (Å²) in [5.41, 5.74) is 4.48. The van der Waals surface area contributed by atoms with E-state index in [4.69, 9.17) is 0 Å². The Balaban J connectivity index is 0.00000248. The number of carbonyl (C=O) groups is 5. The maximum absolute atomic E-state index is 13.1. The van der Waals surface area contributed by atoms with Crippen molar-refractivity contribution < 1.29 is 33.4 Å². The molecule has 0 spiro atoms. The standard InChI is InChI=1S/C33H38N8O6S.2C3H8.C2H6O.2C2H6/c1-4-13-40(28(43)17-34-19-42)20(2)30-35-16-25(37-30)22-9-7-21(8-10-22)23-11-12-24-27(15-23)48-32(38-24)39-31(45)26-6-5-14-41(26)29(44)18-36-33(46)47-3;3*1-3-2;2*1-2/h7-12,15-16,19-20,26H,4-6,13-14,17-18H2,1-3H3,(H,34,42)(H,35,37)(H,36,46)(H,38,39,45);2*3H2,1-2H3;1-2H3;2*1-2H3/t20?,26-;;;;;/m0...../s1. The Morgan fingerprint density at radius 1 is 0.934 bits per heavy atom. The van der Waals surface area contributed by atoms with Gasteiger partial charge >= 0.3 is 6.09 Å². The first-order valence-corrected chi connectivity index (χ1v) is 22.1. The van der Waals surface area contributed by atoms with Crippen LogP contribution in [0.15, 0.2) is 48.7 Å². The number of ether oxygens (including phenoxy) is 2. The summed E-state index contributed by atoms with van der Waals surface area (Å²) in [6.45, 7) is 21.1. The first kappa shape index (κ1) is 55.7. The molecule has 3 heterocycles. The number of hydrogen-bond acceptors (Lipinski definition) is 10. The topological polar surface area (TPSA) is 188 Å². The van der Waals surface area contributed by atoms with Gasteiger partial charge in [-0.2, -0.15) is 0 Å². The zero-order valence-electron chi connectivity index (χ0n) is 38.8. The normalized spacial score (nSPS) is 12.7. The number of likely N-dealkylation sites (tertiary alicyclic amines) is 1. The van der Waals surface area contributed by atoms with Crippen LogP contribution in [0.2, 0.25) is 0 Å². The highest BCUT2D eigenvalue weighted by Gasteiger charge is 2.34. The molecule has 61 heavy (non-hydrogen) atoms. The van der Waals surface area contributed by atoms with Gasteiger partial charge in [0.05, 0.1) is 41.8 Å². The van der Waals surface area contributed by atoms with Crippen LogP contribution >= 0.6 is 11.3 Å². The summed E-state index contributed by atoms with van der Waals surface area (Å²) in [5, 5.41) is 8.12. The second-order valence-corrected chi connectivity index (χ2v) is 14.2. The Morgan fingerprint density at radius 2 is 1.52 bits per heavy atom. The van der Waals surface area contributed by atoms with Gasteiger partial charge in [-0.25, -0.2) is 14.8 Å². The number of nitrogens with zero attached hydrogens (tertiary/aromatic N) is 4. The van der Waals surface area contributed by atoms with Crippen LogP contribution in [-0.2, 0) is 28.7 Å². The Hall–Kier alpha value is -5.35. The minimum absolute atomic E-state index is 0.0630. The number of H-pyrrole nitrogens is 1. The third-order valence-corrected chi connectivity index (χ3v) is 9.11. The number of nitrogens with one attached hydrogen (secondary N) is 4. The van der Waals surface area contributed by atoms with Crippen LogP contribution in [0.5, 0.6) is 0 Å². The molecule has 15 nitrogen and oxygen atoms in total. The van der Waals surface area contributed by atoms with Crippen LogP contribution in [-0.4, -0.2) is 109 Å². The van der Waals surface area contributed by atoms with Crippen LogP contribution in [0.1, 0.15) is 113 Å². The molecule has 0 aliphatic carbocycles. The van der Waals surface area contributed by atoms with Crippen molar-refractivity contribution in [2.75, 3.05) is 52.8 Å². The van der Waals surface area contributed by atoms with E-state index in [1.807, 2.05) is 84.0 Å². The molecule has 4 aromatic rings. The van der Waals surface area contributed by atoms with Crippen LogP contribution in [0.25, 0.3) is 32.6 Å². The predicted octanol–water partition coefficient (Wildman–Crippen LogP) is 8.83. The molecule has 16 heteroatoms. The third-order valence-electron chi connectivity index (χ3n) is 8.17. The van der Waals surface area contributed by atoms with Crippen molar-refractivity contribution in [2.45, 2.75) is 113 Å². The van der Waals surface area contributed by atoms with E-state index in [-0.39, 0.29) is 36.9 Å². The van der Waals surface area contributed by atoms with E-state index in [0.717, 1.165) is 39.0 Å². The maximum atomic E-state index is 13.1. The van der Waals surface area contributed by atoms with Crippen LogP contribution in [0, 0.1) is 0 Å². The van der Waals surface area contributed by atoms with E-state index in [1.165, 1.54) is 36.2 Å². The SMILES string of the molecule is CC.CC.CCC.CCC.CCCN(C(=O)CNC=O)C(C)c1ncc(-c2ccc(-c3ccc4nc(NC(=O)[C@@H]5CCCN5C(=O)CNC(=O)OC)sc4c3)cc2)[nH]1.COC. The van der Waals surface area contributed by atoms with E-state index in [0.29, 0.717) is 43.3 Å². The Kier molecular flexibility index (Phi) is 29.6. The first-order valence-electron chi connectivity index (χ1n) is 21.3. The molecule has 1 unspecified atom stereocenters. The van der Waals surface area contributed by atoms with Gasteiger partial charge in [-0.3, -0.25) is 19.2 Å². The van der Waals surface area contributed by atoms with Gasteiger partial charge in [0.15, 0.2) is 5.13 Å². The third kappa shape index (κ3) is 18.4. The van der Waals surface area contributed by atoms with E-state index in [9.17, 15) is 24.0 Å². The van der Waals surface area contributed by atoms with Crippen molar-refractivity contribution in [1.82, 2.24) is 35.4 Å². The highest BCUT2D eigenvalue weighted by molar-refractivity contribution is 7.22. The molecular formula is C45H72N8O7S. The van der Waals surface area contributed by atoms with Crippen molar-refractivity contribution in [2.24, 2.45) is 0 Å². The van der Waals surface area contributed by atoms with Crippen LogP contribution in [0.3, 0.4) is 0 Å². The molecular weight excluding hydrogens is 797 g/mol. The number of alkyl carbamates (subject to hydrolysis) is 1. The number of thiazole rings is 1. The van der Waals surface area contributed by atoms with E-state index < -0.39 is 12.1 Å². The van der Waals surface area contributed by atoms with Crippen molar-refractivity contribution in [3.05, 3.63) is 54.5 Å². The molecule has 1 fully saturated rings. The van der Waals surface area contributed by atoms with Gasteiger partial charge in [0.1, 0.15) is 18.4 Å². The number of fused-ring (bicyclic) bond motifs is 1. The molecule has 5 amide bonds. The van der Waals surface area contributed by atoms with E-state index in [1.54, 1.807) is 25.3 Å². The molecule has 1 aliphatic heterocycles. The Bertz CT molecular complexity index is 1840. The van der Waals surface area contributed by atoms with E-state index in [2.05, 4.69) is 68.1 Å². The average molecular weight is 869 g/mol. The Morgan fingerprint density at radius 3 is 2.10 bits per heavy atom. The average Bonchev–Trinajstić information content (AvgIpc) is 4.06. The minimum Gasteiger partial charge on any atom is -0.453 e. The van der Waals surface area contributed by atoms with Crippen LogP contribution < -0.4 is 16.0 Å². The highest BCUT2D eigenvalue weighted by Crippen LogP contribution is 2.32. The zero-order chi connectivity index (χ0) is 46.3. The largest absolute Gasteiger partial charge is 0.453 e. The maximum Gasteiger partial charge on any atom is 0.407 e. The quantitative estimate of drug-likeness (QED) is 0.0952. The second kappa shape index (κ2) is 32.4. The molecule has 4 N–H and O–H groups in total. The molecule has 1 saturated heterocycles. The van der Waals surface area contributed by atoms with Gasteiger partial charge < -0.3 is 40.2 Å². The van der Waals surface area contributed by atoms with Crippen molar-refractivity contribution in [1.29, 1.82) is 0 Å². The summed E-state index contributed by atoms with van der Waals surface area (Å²) in [6, 6.07) is 13.0. The number of imidazole rings is 1. The molecule has 0 saturated carbocycles. The summed E-state index contributed by atoms with van der Waals surface area (Å²) in [7, 11) is 4.47. The lowest BCUT2D eigenvalue weighted by Crippen LogP contribution is -2.47. The fourth-order valence-electron chi connectivity index (χ4n) is 5.70. The predicted molar refractivity (Wildman–Crippen MR) is 248 cm³/mol. The number of carbonyl (C=O) groups excluding carboxylic acids is 5. The van der Waals surface area contributed by atoms with Gasteiger partial charge in [-0.1, -0.05) is 117 Å². The number of anilines is 1. The monoisotopic (exact) mass is 869 g/mol. The second-order valence-electron chi connectivity index (χ2n) is 13.1. The lowest BCUT2D eigenvalue weighted by atomic mass is 10.0. The molecule has 2 aromatic carbocycles. The number of aromatic nitrogens is 3. The summed E-state index contributed by atoms with van der Waals surface area (Å²) in [5.74, 6) is -0.186. The van der Waals surface area contributed by atoms with Crippen molar-refractivity contribution in [3.63, 3.8) is 0 Å². The smallest absolute Gasteiger partial charge is 0.407 e. The lowest BCUT2D eigenvalue weighted by Gasteiger charge is -2.27. The van der Waals surface area contributed by atoms with E-state index >= 15 is 0 Å². The summed E-state index contributed by atoms with van der Waals surface area (Å²) >= 11 is 1.35. The molecule has 340 valence electrons. The summed E-state index contributed by atoms with van der Waals surface area (Å²) in [4.78, 5) is 76.0. The minimum atomic E-state index is -0.707. The lowest BCUT2D eigenvalue weighted by molar-refractivity contribution is -0.135. The van der Waals surface area contributed by atoms with Crippen molar-refractivity contribution in [3.8, 4) is 22.4 Å². The number of benzene rings is 2. The number of rotatable bonds is 13. The fourth-order valence-corrected chi connectivity index (χ4v) is 6.60. The number of aromatic amines is 1. The molecule has 2 aromatic heterocycles. The van der Waals surface area contributed by atoms with Gasteiger partial charge in [0.25, 0.3) is 0 Å². The molecule has 0 bridgehead atoms. The van der Waals surface area contributed by atoms with Crippen LogP contribution in [0.4, 0.5) is 9.93 Å². The molecule has 2 atom stereocenters. The van der Waals surface area contributed by atoms with Gasteiger partial charge in [0.2, 0.25) is 24.1 Å². The molecule has 5 rings (SSSR count). The fraction of sp³-hybridized carbons (Fsp3) is 0.533. The number of methoxy groups -OCH3 is 2. The van der Waals surface area contributed by atoms with Gasteiger partial charge in [-0.15, -0.1) is 0 Å². The highest BCUT2D eigenvalue weighted by atomic mass is 32.1. The van der Waals surface area contributed by atoms with Gasteiger partial charge in [-0.05, 0) is 55.0 Å². The van der Waals surface area contributed by atoms with Gasteiger partial charge in [0, 0.05) is 27.3 Å². The summed E-state index contributed by atoms with van der Waals surface area (Å²) < 4.78 is 9.66. The molecule has 0 radical (unpaired) electrons. The number of amides is 5. The Labute approximate surface area is 367 Å². The number of hydrogen-bond donors (Lipinski definition) is 4. The zero-order valence-corrected chi connectivity index (χ0v) is 39.6. The summed E-state index contributed by atoms with van der Waals surface area (Å²) in [6.07, 6.45) is 6.04.